The lowest BCUT2D eigenvalue weighted by molar-refractivity contribution is -0.140. The monoisotopic (exact) mass is 547 g/mol. The quantitative estimate of drug-likeness (QED) is 0.374. The molecule has 1 N–H and O–H groups in total. The van der Waals surface area contributed by atoms with Crippen molar-refractivity contribution in [1.82, 2.24) is 13.9 Å². The highest BCUT2D eigenvalue weighted by Crippen LogP contribution is 2.62. The van der Waals surface area contributed by atoms with Gasteiger partial charge in [-0.2, -0.15) is 0 Å². The molecule has 2 heterocycles. The number of phenolic OH excluding ortho intramolecular Hbond substituents is 1. The second-order valence-electron chi connectivity index (χ2n) is 11.5. The van der Waals surface area contributed by atoms with E-state index in [1.165, 1.54) is 9.36 Å². The van der Waals surface area contributed by atoms with Crippen LogP contribution in [0, 0.1) is 11.3 Å². The minimum absolute atomic E-state index is 0.0246. The summed E-state index contributed by atoms with van der Waals surface area (Å²) in [6.07, 6.45) is 2.10. The molecule has 7 rings (SSSR count). The number of para-hydroxylation sites is 1. The van der Waals surface area contributed by atoms with Crippen molar-refractivity contribution in [3.8, 4) is 11.4 Å². The van der Waals surface area contributed by atoms with Crippen LogP contribution in [0.3, 0.4) is 0 Å². The summed E-state index contributed by atoms with van der Waals surface area (Å²) in [5.74, 6) is -1.70. The minimum atomic E-state index is -1.20. The van der Waals surface area contributed by atoms with E-state index in [9.17, 15) is 24.3 Å². The maximum Gasteiger partial charge on any atom is 0.352 e. The first-order chi connectivity index (χ1) is 19.7. The molecule has 4 aromatic rings. The third-order valence-electron chi connectivity index (χ3n) is 9.68. The van der Waals surface area contributed by atoms with Crippen LogP contribution < -0.4 is 11.4 Å². The van der Waals surface area contributed by atoms with Gasteiger partial charge in [-0.05, 0) is 66.0 Å². The lowest BCUT2D eigenvalue weighted by Crippen LogP contribution is -2.55. The molecule has 0 bridgehead atoms. The first kappa shape index (κ1) is 25.3. The van der Waals surface area contributed by atoms with E-state index in [1.807, 2.05) is 49.4 Å². The van der Waals surface area contributed by atoms with E-state index in [0.29, 0.717) is 22.4 Å². The van der Waals surface area contributed by atoms with Crippen molar-refractivity contribution in [3.63, 3.8) is 0 Å². The number of nitrogens with zero attached hydrogens (tertiary/aromatic N) is 3. The zero-order valence-corrected chi connectivity index (χ0v) is 23.0. The van der Waals surface area contributed by atoms with Crippen LogP contribution in [0.4, 0.5) is 0 Å². The van der Waals surface area contributed by atoms with E-state index in [1.54, 1.807) is 44.2 Å². The molecule has 0 unspecified atom stereocenters. The lowest BCUT2D eigenvalue weighted by Gasteiger charge is -2.53. The zero-order valence-electron chi connectivity index (χ0n) is 23.0. The summed E-state index contributed by atoms with van der Waals surface area (Å²) in [5.41, 5.74) is 0.472. The summed E-state index contributed by atoms with van der Waals surface area (Å²) in [4.78, 5) is 55.7. The molecule has 4 atom stereocenters. The average molecular weight is 548 g/mol. The molecule has 206 valence electrons. The van der Waals surface area contributed by atoms with Crippen molar-refractivity contribution < 1.29 is 14.7 Å². The van der Waals surface area contributed by atoms with E-state index in [0.717, 1.165) is 20.9 Å². The highest BCUT2D eigenvalue weighted by Gasteiger charge is 2.61. The van der Waals surface area contributed by atoms with Crippen molar-refractivity contribution in [2.45, 2.75) is 45.7 Å². The number of hydrogen-bond donors (Lipinski definition) is 1. The van der Waals surface area contributed by atoms with E-state index >= 15 is 0 Å². The lowest BCUT2D eigenvalue weighted by atomic mass is 9.49. The third-order valence-corrected chi connectivity index (χ3v) is 9.68. The van der Waals surface area contributed by atoms with Gasteiger partial charge in [-0.3, -0.25) is 9.59 Å². The summed E-state index contributed by atoms with van der Waals surface area (Å²) >= 11 is 0. The SMILES string of the molecule is CC1=C(C)C(=O)[C@@]2(C)[C@@H](c3c(O)ccc4ccccc34)C3=CCn4c(=O)n(-c5ccccc5)c(=O)n4[C@@H]3C[C@H]2C1=O. The number of carbonyl (C=O) groups excluding carboxylic acids is 2. The van der Waals surface area contributed by atoms with Gasteiger partial charge in [0.05, 0.1) is 23.7 Å². The van der Waals surface area contributed by atoms with Crippen molar-refractivity contribution >= 4 is 22.3 Å². The van der Waals surface area contributed by atoms with Gasteiger partial charge in [0.15, 0.2) is 11.6 Å². The largest absolute Gasteiger partial charge is 0.508 e. The van der Waals surface area contributed by atoms with Crippen LogP contribution in [0.2, 0.25) is 0 Å². The van der Waals surface area contributed by atoms with Gasteiger partial charge in [-0.25, -0.2) is 23.5 Å². The van der Waals surface area contributed by atoms with E-state index in [-0.39, 0.29) is 30.3 Å². The number of Topliss-reactive ketones (excluding diaryl/α,β-unsaturated/α-hetero) is 2. The average Bonchev–Trinajstić information content (AvgIpc) is 3.25. The van der Waals surface area contributed by atoms with Crippen LogP contribution in [0.25, 0.3) is 16.5 Å². The fourth-order valence-corrected chi connectivity index (χ4v) is 7.53. The normalized spacial score (nSPS) is 25.5. The predicted molar refractivity (Wildman–Crippen MR) is 154 cm³/mol. The van der Waals surface area contributed by atoms with Crippen LogP contribution in [0.15, 0.2) is 99.1 Å². The smallest absolute Gasteiger partial charge is 0.352 e. The molecule has 8 nitrogen and oxygen atoms in total. The van der Waals surface area contributed by atoms with Crippen molar-refractivity contribution in [2.24, 2.45) is 11.3 Å². The highest BCUT2D eigenvalue weighted by molar-refractivity contribution is 6.16. The predicted octanol–water partition coefficient (Wildman–Crippen LogP) is 4.44. The number of rotatable bonds is 2. The van der Waals surface area contributed by atoms with Crippen LogP contribution in [0.1, 0.15) is 44.7 Å². The summed E-state index contributed by atoms with van der Waals surface area (Å²) in [5, 5.41) is 13.1. The molecule has 0 spiro atoms. The van der Waals surface area contributed by atoms with Crippen LogP contribution in [0.5, 0.6) is 5.75 Å². The first-order valence-electron chi connectivity index (χ1n) is 13.8. The number of ketones is 2. The standard InChI is InChI=1S/C33H29N3O5/c1-18-19(2)30(39)33(3)24(29(18)38)17-25-23(28(33)27-22-12-8-7-9-20(22)13-14-26(27)37)15-16-34-31(40)35(32(41)36(25)34)21-10-5-4-6-11-21/h4-15,24-25,28,37H,16-17H2,1-3H3/t24-,25+,28+,33+/m0/s1. The topological polar surface area (TPSA) is 103 Å². The zero-order chi connectivity index (χ0) is 28.8. The highest BCUT2D eigenvalue weighted by atomic mass is 16.3. The van der Waals surface area contributed by atoms with Crippen LogP contribution in [-0.2, 0) is 16.1 Å². The molecular formula is C33H29N3O5. The van der Waals surface area contributed by atoms with Gasteiger partial charge in [-0.15, -0.1) is 0 Å². The molecule has 1 saturated carbocycles. The van der Waals surface area contributed by atoms with Gasteiger partial charge in [0.1, 0.15) is 5.75 Å². The van der Waals surface area contributed by atoms with Crippen molar-refractivity contribution in [1.29, 1.82) is 0 Å². The molecule has 41 heavy (non-hydrogen) atoms. The number of phenols is 1. The number of allylic oxidation sites excluding steroid dienone is 4. The van der Waals surface area contributed by atoms with Gasteiger partial charge in [-0.1, -0.05) is 61.5 Å². The Balaban J connectivity index is 1.53. The maximum absolute atomic E-state index is 14.3. The Hall–Kier alpha value is -4.72. The van der Waals surface area contributed by atoms with E-state index in [4.69, 9.17) is 0 Å². The number of carbonyl (C=O) groups is 2. The Morgan fingerprint density at radius 3 is 2.32 bits per heavy atom. The van der Waals surface area contributed by atoms with Gasteiger partial charge in [0.2, 0.25) is 0 Å². The molecule has 0 saturated heterocycles. The number of aromatic nitrogens is 3. The molecule has 1 aliphatic heterocycles. The van der Waals surface area contributed by atoms with Gasteiger partial charge in [0, 0.05) is 17.4 Å². The second kappa shape index (κ2) is 8.64. The molecule has 1 aromatic heterocycles. The minimum Gasteiger partial charge on any atom is -0.508 e. The van der Waals surface area contributed by atoms with Gasteiger partial charge in [0.25, 0.3) is 0 Å². The first-order valence-corrected chi connectivity index (χ1v) is 13.8. The van der Waals surface area contributed by atoms with Gasteiger partial charge < -0.3 is 5.11 Å². The fraction of sp³-hybridized carbons (Fsp3) is 0.273. The molecule has 2 aliphatic carbocycles. The third kappa shape index (κ3) is 3.21. The molecule has 0 radical (unpaired) electrons. The van der Waals surface area contributed by atoms with E-state index in [2.05, 4.69) is 0 Å². The maximum atomic E-state index is 14.3. The summed E-state index contributed by atoms with van der Waals surface area (Å²) in [7, 11) is 0. The Labute approximate surface area is 235 Å². The number of aromatic hydroxyl groups is 1. The molecule has 8 heteroatoms. The summed E-state index contributed by atoms with van der Waals surface area (Å²) in [6, 6.07) is 19.2. The number of benzene rings is 3. The Kier molecular flexibility index (Phi) is 5.32. The van der Waals surface area contributed by atoms with Crippen molar-refractivity contribution in [3.05, 3.63) is 116 Å². The second-order valence-corrected chi connectivity index (χ2v) is 11.5. The Morgan fingerprint density at radius 1 is 0.854 bits per heavy atom. The fourth-order valence-electron chi connectivity index (χ4n) is 7.53. The molecule has 3 aromatic carbocycles. The summed E-state index contributed by atoms with van der Waals surface area (Å²) < 4.78 is 4.02. The van der Waals surface area contributed by atoms with E-state index < -0.39 is 34.7 Å². The number of hydrogen-bond acceptors (Lipinski definition) is 5. The number of fused-ring (bicyclic) bond motifs is 5. The Morgan fingerprint density at radius 2 is 1.56 bits per heavy atom. The molecule has 3 aliphatic rings. The van der Waals surface area contributed by atoms with Crippen LogP contribution >= 0.6 is 0 Å². The molecule has 0 amide bonds. The van der Waals surface area contributed by atoms with Crippen molar-refractivity contribution in [2.75, 3.05) is 0 Å². The molecule has 1 fully saturated rings. The molecular weight excluding hydrogens is 518 g/mol. The summed E-state index contributed by atoms with van der Waals surface area (Å²) in [6.45, 7) is 5.33. The van der Waals surface area contributed by atoms with Crippen LogP contribution in [-0.4, -0.2) is 30.6 Å². The Bertz CT molecular complexity index is 1990. The van der Waals surface area contributed by atoms with Gasteiger partial charge >= 0.3 is 11.4 Å².